The molecule has 1 N–H and O–H groups in total. The van der Waals surface area contributed by atoms with Crippen LogP contribution < -0.4 is 15.0 Å². The number of benzene rings is 1. The predicted molar refractivity (Wildman–Crippen MR) is 100.0 cm³/mol. The van der Waals surface area contributed by atoms with Gasteiger partial charge in [0.25, 0.3) is 12.4 Å². The number of ether oxygens (including phenoxy) is 2. The van der Waals surface area contributed by atoms with Gasteiger partial charge in [0.1, 0.15) is 17.9 Å². The van der Waals surface area contributed by atoms with Crippen molar-refractivity contribution in [2.45, 2.75) is 45.3 Å². The Kier molecular flexibility index (Phi) is 6.66. The number of carbonyl (C=O) groups excluding carboxylic acids is 1. The van der Waals surface area contributed by atoms with Crippen LogP contribution in [0.2, 0.25) is 0 Å². The second-order valence-electron chi connectivity index (χ2n) is 6.95. The van der Waals surface area contributed by atoms with Gasteiger partial charge >= 0.3 is 0 Å². The molecule has 0 spiro atoms. The second kappa shape index (κ2) is 9.18. The van der Waals surface area contributed by atoms with Crippen molar-refractivity contribution >= 4 is 23.0 Å². The fourth-order valence-corrected chi connectivity index (χ4v) is 3.16. The summed E-state index contributed by atoms with van der Waals surface area (Å²) in [5.41, 5.74) is 1.16. The fourth-order valence-electron chi connectivity index (χ4n) is 3.16. The number of fused-ring (bicyclic) bond motifs is 1. The van der Waals surface area contributed by atoms with Crippen LogP contribution in [0.15, 0.2) is 22.6 Å². The van der Waals surface area contributed by atoms with E-state index in [1.54, 1.807) is 18.2 Å². The molecule has 0 aliphatic carbocycles. The zero-order chi connectivity index (χ0) is 20.1. The number of amides is 1. The second-order valence-corrected chi connectivity index (χ2v) is 6.95. The highest BCUT2D eigenvalue weighted by molar-refractivity contribution is 5.76. The number of alkyl halides is 2. The highest BCUT2D eigenvalue weighted by atomic mass is 19.3. The molecule has 1 atom stereocenters. The van der Waals surface area contributed by atoms with E-state index in [0.717, 1.165) is 25.9 Å². The van der Waals surface area contributed by atoms with Crippen LogP contribution in [0.3, 0.4) is 0 Å². The fraction of sp³-hybridized carbons (Fsp3) is 0.579. The number of hydrogen-bond acceptors (Lipinski definition) is 6. The molecule has 1 aliphatic rings. The molecular formula is C19H25F2N3O4. The minimum atomic E-state index is -2.52. The molecule has 0 unspecified atom stereocenters. The van der Waals surface area contributed by atoms with Gasteiger partial charge in [0.2, 0.25) is 5.91 Å². The Balaban J connectivity index is 1.52. The summed E-state index contributed by atoms with van der Waals surface area (Å²) in [6, 6.07) is 5.36. The number of rotatable bonds is 8. The lowest BCUT2D eigenvalue weighted by Gasteiger charge is -2.31. The molecule has 0 saturated carbocycles. The van der Waals surface area contributed by atoms with Gasteiger partial charge in [-0.2, -0.15) is 4.98 Å². The number of nitrogens with zero attached hydrogens (tertiary/aromatic N) is 2. The van der Waals surface area contributed by atoms with E-state index in [1.165, 1.54) is 6.92 Å². The number of aromatic nitrogens is 1. The zero-order valence-corrected chi connectivity index (χ0v) is 16.0. The summed E-state index contributed by atoms with van der Waals surface area (Å²) in [6.07, 6.45) is -0.736. The van der Waals surface area contributed by atoms with Crippen LogP contribution in [-0.4, -0.2) is 55.8 Å². The summed E-state index contributed by atoms with van der Waals surface area (Å²) in [5, 5.41) is 2.80. The van der Waals surface area contributed by atoms with E-state index in [2.05, 4.69) is 10.3 Å². The average molecular weight is 397 g/mol. The van der Waals surface area contributed by atoms with Gasteiger partial charge in [-0.15, -0.1) is 0 Å². The van der Waals surface area contributed by atoms with E-state index in [-0.39, 0.29) is 18.1 Å². The van der Waals surface area contributed by atoms with Crippen LogP contribution in [0, 0.1) is 0 Å². The Morgan fingerprint density at radius 1 is 1.36 bits per heavy atom. The quantitative estimate of drug-likeness (QED) is 0.738. The molecular weight excluding hydrogens is 372 g/mol. The molecule has 1 aromatic heterocycles. The number of oxazole rings is 1. The Labute approximate surface area is 162 Å². The molecule has 1 aliphatic heterocycles. The topological polar surface area (TPSA) is 76.8 Å². The van der Waals surface area contributed by atoms with Crippen LogP contribution in [-0.2, 0) is 9.53 Å². The van der Waals surface area contributed by atoms with Crippen LogP contribution in [0.1, 0.15) is 26.7 Å². The van der Waals surface area contributed by atoms with E-state index in [9.17, 15) is 13.6 Å². The molecule has 3 rings (SSSR count). The molecule has 1 aromatic carbocycles. The third kappa shape index (κ3) is 5.54. The maximum atomic E-state index is 12.3. The Bertz CT molecular complexity index is 791. The maximum absolute atomic E-state index is 12.3. The monoisotopic (exact) mass is 397 g/mol. The molecule has 1 fully saturated rings. The van der Waals surface area contributed by atoms with Gasteiger partial charge in [0, 0.05) is 32.1 Å². The first kappa shape index (κ1) is 20.3. The van der Waals surface area contributed by atoms with Gasteiger partial charge in [0.15, 0.2) is 5.58 Å². The van der Waals surface area contributed by atoms with Gasteiger partial charge in [-0.3, -0.25) is 4.79 Å². The smallest absolute Gasteiger partial charge is 0.298 e. The SMILES string of the molecule is CC(=O)N[C@@H](C)COC1CCN(c2nc3ccc(OCC(F)F)cc3o2)CC1. The summed E-state index contributed by atoms with van der Waals surface area (Å²) < 4.78 is 41.2. The molecule has 0 bridgehead atoms. The summed E-state index contributed by atoms with van der Waals surface area (Å²) >= 11 is 0. The highest BCUT2D eigenvalue weighted by Crippen LogP contribution is 2.28. The molecule has 9 heteroatoms. The Morgan fingerprint density at radius 3 is 2.79 bits per heavy atom. The lowest BCUT2D eigenvalue weighted by atomic mass is 10.1. The van der Waals surface area contributed by atoms with Crippen molar-refractivity contribution in [2.24, 2.45) is 0 Å². The molecule has 28 heavy (non-hydrogen) atoms. The van der Waals surface area contributed by atoms with Crippen LogP contribution in [0.4, 0.5) is 14.8 Å². The molecule has 1 saturated heterocycles. The lowest BCUT2D eigenvalue weighted by molar-refractivity contribution is -0.120. The van der Waals surface area contributed by atoms with Crippen LogP contribution in [0.25, 0.3) is 11.1 Å². The normalized spacial score (nSPS) is 16.5. The predicted octanol–water partition coefficient (Wildman–Crippen LogP) is 2.98. The van der Waals surface area contributed by atoms with E-state index in [0.29, 0.717) is 29.5 Å². The van der Waals surface area contributed by atoms with E-state index in [4.69, 9.17) is 13.9 Å². The highest BCUT2D eigenvalue weighted by Gasteiger charge is 2.24. The van der Waals surface area contributed by atoms with Crippen LogP contribution in [0.5, 0.6) is 5.75 Å². The van der Waals surface area contributed by atoms with Crippen molar-refractivity contribution in [3.63, 3.8) is 0 Å². The third-order valence-electron chi connectivity index (χ3n) is 4.47. The standard InChI is InChI=1S/C19H25F2N3O4/c1-12(22-13(2)25)10-26-14-5-7-24(8-6-14)19-23-16-4-3-15(9-17(16)28-19)27-11-18(20)21/h3-4,9,12,14,18H,5-8,10-11H2,1-2H3,(H,22,25)/t12-/m0/s1. The average Bonchev–Trinajstić information content (AvgIpc) is 3.08. The van der Waals surface area contributed by atoms with Crippen molar-refractivity contribution in [1.82, 2.24) is 10.3 Å². The Morgan fingerprint density at radius 2 is 2.11 bits per heavy atom. The number of hydrogen-bond donors (Lipinski definition) is 1. The number of piperidine rings is 1. The summed E-state index contributed by atoms with van der Waals surface area (Å²) in [5.74, 6) is 0.264. The summed E-state index contributed by atoms with van der Waals surface area (Å²) in [4.78, 5) is 17.5. The Hall–Kier alpha value is -2.42. The van der Waals surface area contributed by atoms with Gasteiger partial charge in [-0.05, 0) is 31.9 Å². The zero-order valence-electron chi connectivity index (χ0n) is 16.0. The maximum Gasteiger partial charge on any atom is 0.298 e. The summed E-state index contributed by atoms with van der Waals surface area (Å²) in [7, 11) is 0. The summed E-state index contributed by atoms with van der Waals surface area (Å²) in [6.45, 7) is 4.70. The number of anilines is 1. The van der Waals surface area contributed by atoms with Gasteiger partial charge < -0.3 is 24.1 Å². The van der Waals surface area contributed by atoms with Gasteiger partial charge in [0.05, 0.1) is 12.7 Å². The van der Waals surface area contributed by atoms with Crippen molar-refractivity contribution < 1.29 is 27.5 Å². The minimum absolute atomic E-state index is 0.0194. The molecule has 2 aromatic rings. The van der Waals surface area contributed by atoms with Crippen molar-refractivity contribution in [3.8, 4) is 5.75 Å². The largest absolute Gasteiger partial charge is 0.487 e. The first-order chi connectivity index (χ1) is 13.4. The number of carbonyl (C=O) groups is 1. The minimum Gasteiger partial charge on any atom is -0.487 e. The third-order valence-corrected chi connectivity index (χ3v) is 4.47. The van der Waals surface area contributed by atoms with Crippen molar-refractivity contribution in [1.29, 1.82) is 0 Å². The molecule has 0 radical (unpaired) electrons. The molecule has 7 nitrogen and oxygen atoms in total. The van der Waals surface area contributed by atoms with Gasteiger partial charge in [-0.25, -0.2) is 8.78 Å². The van der Waals surface area contributed by atoms with E-state index >= 15 is 0 Å². The molecule has 1 amide bonds. The van der Waals surface area contributed by atoms with Crippen molar-refractivity contribution in [2.75, 3.05) is 31.2 Å². The molecule has 2 heterocycles. The molecule has 154 valence electrons. The lowest BCUT2D eigenvalue weighted by Crippen LogP contribution is -2.40. The number of nitrogens with one attached hydrogen (secondary N) is 1. The van der Waals surface area contributed by atoms with Gasteiger partial charge in [-0.1, -0.05) is 0 Å². The first-order valence-electron chi connectivity index (χ1n) is 9.36. The van der Waals surface area contributed by atoms with Crippen LogP contribution >= 0.6 is 0 Å². The van der Waals surface area contributed by atoms with E-state index < -0.39 is 13.0 Å². The number of halogens is 2. The van der Waals surface area contributed by atoms with Crippen molar-refractivity contribution in [3.05, 3.63) is 18.2 Å². The first-order valence-corrected chi connectivity index (χ1v) is 9.36. The van der Waals surface area contributed by atoms with E-state index in [1.807, 2.05) is 11.8 Å².